The molecule has 0 spiro atoms. The molecular formula is C22H29N5O2. The summed E-state index contributed by atoms with van der Waals surface area (Å²) in [5.74, 6) is 1.88. The van der Waals surface area contributed by atoms with Crippen LogP contribution in [-0.4, -0.2) is 44.5 Å². The lowest BCUT2D eigenvalue weighted by Gasteiger charge is -2.27. The maximum atomic E-state index is 13.2. The predicted octanol–water partition coefficient (Wildman–Crippen LogP) is 3.22. The van der Waals surface area contributed by atoms with Crippen molar-refractivity contribution in [1.29, 1.82) is 0 Å². The van der Waals surface area contributed by atoms with E-state index < -0.39 is 0 Å². The minimum absolute atomic E-state index is 0.0573. The van der Waals surface area contributed by atoms with Gasteiger partial charge in [0, 0.05) is 31.5 Å². The van der Waals surface area contributed by atoms with E-state index in [1.54, 1.807) is 0 Å². The fraction of sp³-hybridized carbons (Fsp3) is 0.545. The third-order valence-corrected chi connectivity index (χ3v) is 6.07. The highest BCUT2D eigenvalue weighted by Crippen LogP contribution is 2.34. The summed E-state index contributed by atoms with van der Waals surface area (Å²) in [5.41, 5.74) is 0.937. The highest BCUT2D eigenvalue weighted by molar-refractivity contribution is 5.78. The van der Waals surface area contributed by atoms with Crippen molar-refractivity contribution in [3.8, 4) is 11.4 Å². The van der Waals surface area contributed by atoms with Crippen LogP contribution in [0, 0.1) is 5.92 Å². The van der Waals surface area contributed by atoms with Crippen LogP contribution in [0.4, 0.5) is 0 Å². The lowest BCUT2D eigenvalue weighted by atomic mass is 9.86. The number of carbonyl (C=O) groups excluding carboxylic acids is 2. The molecule has 1 aromatic heterocycles. The van der Waals surface area contributed by atoms with Gasteiger partial charge in [0.15, 0.2) is 5.82 Å². The van der Waals surface area contributed by atoms with Gasteiger partial charge in [-0.2, -0.15) is 5.10 Å². The van der Waals surface area contributed by atoms with Crippen molar-refractivity contribution in [2.75, 3.05) is 6.54 Å². The number of amides is 2. The fourth-order valence-electron chi connectivity index (χ4n) is 4.66. The van der Waals surface area contributed by atoms with E-state index in [9.17, 15) is 9.59 Å². The first kappa shape index (κ1) is 19.6. The van der Waals surface area contributed by atoms with E-state index >= 15 is 0 Å². The van der Waals surface area contributed by atoms with E-state index in [2.05, 4.69) is 20.5 Å². The van der Waals surface area contributed by atoms with Gasteiger partial charge in [0.2, 0.25) is 11.8 Å². The average Bonchev–Trinajstić information content (AvgIpc) is 3.36. The molecule has 1 saturated carbocycles. The number of nitrogens with zero attached hydrogens (tertiary/aromatic N) is 3. The smallest absolute Gasteiger partial charge is 0.223 e. The van der Waals surface area contributed by atoms with Crippen molar-refractivity contribution in [3.05, 3.63) is 36.2 Å². The molecule has 2 aliphatic rings. The van der Waals surface area contributed by atoms with Crippen LogP contribution < -0.4 is 5.32 Å². The van der Waals surface area contributed by atoms with Gasteiger partial charge in [0.25, 0.3) is 0 Å². The van der Waals surface area contributed by atoms with E-state index in [1.807, 2.05) is 35.2 Å². The maximum absolute atomic E-state index is 13.2. The monoisotopic (exact) mass is 395 g/mol. The molecule has 2 N–H and O–H groups in total. The molecule has 1 aliphatic carbocycles. The molecule has 4 rings (SSSR count). The molecule has 0 bridgehead atoms. The fourth-order valence-corrected chi connectivity index (χ4v) is 4.66. The Balaban J connectivity index is 1.52. The molecular weight excluding hydrogens is 366 g/mol. The van der Waals surface area contributed by atoms with Gasteiger partial charge < -0.3 is 10.2 Å². The molecule has 154 valence electrons. The quantitative estimate of drug-likeness (QED) is 0.813. The Hall–Kier alpha value is -2.70. The molecule has 1 saturated heterocycles. The van der Waals surface area contributed by atoms with E-state index in [-0.39, 0.29) is 23.9 Å². The Morgan fingerprint density at radius 3 is 2.66 bits per heavy atom. The summed E-state index contributed by atoms with van der Waals surface area (Å²) in [5, 5.41) is 10.4. The first-order valence-corrected chi connectivity index (χ1v) is 10.6. The number of benzene rings is 1. The molecule has 2 unspecified atom stereocenters. The first-order chi connectivity index (χ1) is 14.1. The number of aromatic nitrogens is 3. The maximum Gasteiger partial charge on any atom is 0.223 e. The number of hydrogen-bond acceptors (Lipinski definition) is 4. The average molecular weight is 396 g/mol. The summed E-state index contributed by atoms with van der Waals surface area (Å²) < 4.78 is 0. The molecule has 2 aromatic rings. The highest BCUT2D eigenvalue weighted by atomic mass is 16.2. The number of H-pyrrole nitrogens is 1. The molecule has 1 aromatic carbocycles. The number of likely N-dealkylation sites (tertiary alicyclic amines) is 1. The standard InChI is InChI=1S/C22H29N5O2/c1-15(28)23-18-13-19(22-24-21(25-26-22)17-10-6-3-7-11-17)27(14-18)20(29)12-16-8-4-2-5-9-16/h3,6-7,10-11,16,18-19H,2,4-5,8-9,12-14H2,1H3,(H,23,28)(H,24,25,26). The van der Waals surface area contributed by atoms with Crippen molar-refractivity contribution in [1.82, 2.24) is 25.4 Å². The number of carbonyl (C=O) groups is 2. The van der Waals surface area contributed by atoms with Crippen molar-refractivity contribution >= 4 is 11.8 Å². The Kier molecular flexibility index (Phi) is 5.92. The van der Waals surface area contributed by atoms with Crippen molar-refractivity contribution in [3.63, 3.8) is 0 Å². The zero-order valence-corrected chi connectivity index (χ0v) is 16.9. The van der Waals surface area contributed by atoms with Crippen LogP contribution in [0.1, 0.15) is 63.7 Å². The van der Waals surface area contributed by atoms with Crippen LogP contribution in [0.25, 0.3) is 11.4 Å². The second-order valence-electron chi connectivity index (χ2n) is 8.31. The van der Waals surface area contributed by atoms with Gasteiger partial charge >= 0.3 is 0 Å². The zero-order chi connectivity index (χ0) is 20.2. The van der Waals surface area contributed by atoms with Crippen LogP contribution in [0.5, 0.6) is 0 Å². The van der Waals surface area contributed by atoms with E-state index in [0.717, 1.165) is 18.4 Å². The van der Waals surface area contributed by atoms with Gasteiger partial charge in [-0.15, -0.1) is 0 Å². The van der Waals surface area contributed by atoms with Gasteiger partial charge in [-0.3, -0.25) is 14.7 Å². The summed E-state index contributed by atoms with van der Waals surface area (Å²) in [7, 11) is 0. The van der Waals surface area contributed by atoms with Gasteiger partial charge in [-0.25, -0.2) is 4.98 Å². The van der Waals surface area contributed by atoms with E-state index in [1.165, 1.54) is 26.2 Å². The minimum atomic E-state index is -0.187. The van der Waals surface area contributed by atoms with Gasteiger partial charge in [0.05, 0.1) is 6.04 Å². The molecule has 0 radical (unpaired) electrons. The van der Waals surface area contributed by atoms with Crippen molar-refractivity contribution < 1.29 is 9.59 Å². The summed E-state index contributed by atoms with van der Waals surface area (Å²) in [6, 6.07) is 9.55. The van der Waals surface area contributed by atoms with Crippen LogP contribution >= 0.6 is 0 Å². The molecule has 7 nitrogen and oxygen atoms in total. The Morgan fingerprint density at radius 1 is 1.17 bits per heavy atom. The Morgan fingerprint density at radius 2 is 1.93 bits per heavy atom. The van der Waals surface area contributed by atoms with Gasteiger partial charge in [0.1, 0.15) is 5.82 Å². The SMILES string of the molecule is CC(=O)NC1CC(c2nc(-c3ccccc3)n[nH]2)N(C(=O)CC2CCCCC2)C1. The van der Waals surface area contributed by atoms with E-state index in [4.69, 9.17) is 0 Å². The van der Waals surface area contributed by atoms with Crippen molar-refractivity contribution in [2.45, 2.75) is 64.0 Å². The molecule has 2 atom stereocenters. The first-order valence-electron chi connectivity index (χ1n) is 10.6. The number of hydrogen-bond donors (Lipinski definition) is 2. The second kappa shape index (κ2) is 8.76. The number of aromatic amines is 1. The molecule has 1 aliphatic heterocycles. The normalized spacial score (nSPS) is 22.6. The molecule has 29 heavy (non-hydrogen) atoms. The minimum Gasteiger partial charge on any atom is -0.352 e. The van der Waals surface area contributed by atoms with Gasteiger partial charge in [-0.05, 0) is 25.2 Å². The van der Waals surface area contributed by atoms with Crippen LogP contribution in [0.15, 0.2) is 30.3 Å². The number of nitrogens with one attached hydrogen (secondary N) is 2. The molecule has 2 amide bonds. The highest BCUT2D eigenvalue weighted by Gasteiger charge is 2.39. The summed E-state index contributed by atoms with van der Waals surface area (Å²) >= 11 is 0. The third-order valence-electron chi connectivity index (χ3n) is 6.07. The van der Waals surface area contributed by atoms with Crippen LogP contribution in [0.2, 0.25) is 0 Å². The predicted molar refractivity (Wildman–Crippen MR) is 110 cm³/mol. The summed E-state index contributed by atoms with van der Waals surface area (Å²) in [4.78, 5) is 31.3. The third kappa shape index (κ3) is 4.66. The molecule has 7 heteroatoms. The van der Waals surface area contributed by atoms with Crippen LogP contribution in [-0.2, 0) is 9.59 Å². The van der Waals surface area contributed by atoms with Crippen molar-refractivity contribution in [2.24, 2.45) is 5.92 Å². The topological polar surface area (TPSA) is 91.0 Å². The van der Waals surface area contributed by atoms with E-state index in [0.29, 0.717) is 37.0 Å². The largest absolute Gasteiger partial charge is 0.352 e. The lowest BCUT2D eigenvalue weighted by Crippen LogP contribution is -2.38. The molecule has 2 heterocycles. The zero-order valence-electron chi connectivity index (χ0n) is 16.9. The number of rotatable bonds is 5. The van der Waals surface area contributed by atoms with Crippen LogP contribution in [0.3, 0.4) is 0 Å². The summed E-state index contributed by atoms with van der Waals surface area (Å²) in [6.45, 7) is 2.04. The molecule has 2 fully saturated rings. The van der Waals surface area contributed by atoms with Gasteiger partial charge in [-0.1, -0.05) is 49.6 Å². The second-order valence-corrected chi connectivity index (χ2v) is 8.31. The Bertz CT molecular complexity index is 844. The summed E-state index contributed by atoms with van der Waals surface area (Å²) in [6.07, 6.45) is 7.24. The lowest BCUT2D eigenvalue weighted by molar-refractivity contribution is -0.133. The Labute approximate surface area is 171 Å².